The third kappa shape index (κ3) is 3.27. The van der Waals surface area contributed by atoms with E-state index < -0.39 is 0 Å². The van der Waals surface area contributed by atoms with Gasteiger partial charge in [-0.2, -0.15) is 5.10 Å². The quantitative estimate of drug-likeness (QED) is 0.795. The van der Waals surface area contributed by atoms with Crippen molar-refractivity contribution in [2.75, 3.05) is 13.1 Å². The van der Waals surface area contributed by atoms with Crippen molar-refractivity contribution in [3.8, 4) is 0 Å². The normalized spacial score (nSPS) is 19.8. The number of aliphatic imine (C=N–C) groups is 1. The van der Waals surface area contributed by atoms with Gasteiger partial charge in [0.15, 0.2) is 5.17 Å². The van der Waals surface area contributed by atoms with Crippen molar-refractivity contribution in [3.63, 3.8) is 0 Å². The molecule has 0 radical (unpaired) electrons. The maximum absolute atomic E-state index is 4.47. The van der Waals surface area contributed by atoms with Crippen LogP contribution in [0.1, 0.15) is 19.8 Å². The molecule has 1 aromatic heterocycles. The van der Waals surface area contributed by atoms with Crippen LogP contribution in [-0.2, 0) is 6.54 Å². The third-order valence-corrected chi connectivity index (χ3v) is 3.88. The van der Waals surface area contributed by atoms with E-state index in [1.165, 1.54) is 6.42 Å². The molecule has 1 aliphatic heterocycles. The molecule has 0 amide bonds. The Morgan fingerprint density at radius 3 is 3.25 bits per heavy atom. The van der Waals surface area contributed by atoms with Crippen LogP contribution in [0.4, 0.5) is 0 Å². The van der Waals surface area contributed by atoms with Gasteiger partial charge >= 0.3 is 0 Å². The topological polar surface area (TPSA) is 42.2 Å². The fraction of sp³-hybridized carbons (Fsp3) is 0.636. The van der Waals surface area contributed by atoms with Crippen molar-refractivity contribution in [3.05, 3.63) is 18.5 Å². The number of hydrogen-bond donors (Lipinski definition) is 1. The molecule has 2 heterocycles. The largest absolute Gasteiger partial charge is 0.365 e. The molecule has 0 bridgehead atoms. The minimum atomic E-state index is 0.689. The molecule has 2 rings (SSSR count). The van der Waals surface area contributed by atoms with Crippen LogP contribution in [0.2, 0.25) is 0 Å². The summed E-state index contributed by atoms with van der Waals surface area (Å²) >= 11 is 1.88. The zero-order valence-corrected chi connectivity index (χ0v) is 10.4. The molecule has 0 spiro atoms. The Morgan fingerprint density at radius 2 is 2.56 bits per heavy atom. The van der Waals surface area contributed by atoms with Crippen LogP contribution in [0, 0.1) is 0 Å². The lowest BCUT2D eigenvalue weighted by atomic mass is 10.3. The maximum Gasteiger partial charge on any atom is 0.156 e. The SMILES string of the molecule is CCC1CN=C(NCCCn2cccn2)S1. The van der Waals surface area contributed by atoms with Crippen molar-refractivity contribution < 1.29 is 0 Å². The van der Waals surface area contributed by atoms with E-state index in [-0.39, 0.29) is 0 Å². The van der Waals surface area contributed by atoms with Gasteiger partial charge in [0, 0.05) is 30.7 Å². The second kappa shape index (κ2) is 5.94. The predicted octanol–water partition coefficient (Wildman–Crippen LogP) is 1.74. The molecule has 1 aliphatic rings. The Kier molecular flexibility index (Phi) is 4.27. The molecular formula is C11H18N4S. The van der Waals surface area contributed by atoms with Crippen LogP contribution in [0.15, 0.2) is 23.5 Å². The monoisotopic (exact) mass is 238 g/mol. The molecule has 0 saturated heterocycles. The summed E-state index contributed by atoms with van der Waals surface area (Å²) in [5.74, 6) is 0. The number of aromatic nitrogens is 2. The summed E-state index contributed by atoms with van der Waals surface area (Å²) in [6.07, 6.45) is 6.09. The number of thioether (sulfide) groups is 1. The third-order valence-electron chi connectivity index (χ3n) is 2.57. The lowest BCUT2D eigenvalue weighted by molar-refractivity contribution is 0.574. The number of hydrogen-bond acceptors (Lipinski definition) is 4. The molecule has 0 fully saturated rings. The Balaban J connectivity index is 1.59. The van der Waals surface area contributed by atoms with E-state index in [1.54, 1.807) is 0 Å². The Bertz CT molecular complexity index is 334. The molecule has 4 nitrogen and oxygen atoms in total. The van der Waals surface area contributed by atoms with Gasteiger partial charge in [0.2, 0.25) is 0 Å². The second-order valence-electron chi connectivity index (χ2n) is 3.84. The summed E-state index contributed by atoms with van der Waals surface area (Å²) in [6, 6.07) is 1.95. The van der Waals surface area contributed by atoms with Crippen molar-refractivity contribution >= 4 is 16.9 Å². The van der Waals surface area contributed by atoms with E-state index in [0.29, 0.717) is 5.25 Å². The van der Waals surface area contributed by atoms with E-state index in [4.69, 9.17) is 0 Å². The maximum atomic E-state index is 4.47. The lowest BCUT2D eigenvalue weighted by Crippen LogP contribution is -2.21. The highest BCUT2D eigenvalue weighted by atomic mass is 32.2. The van der Waals surface area contributed by atoms with E-state index in [0.717, 1.165) is 31.2 Å². The Morgan fingerprint density at radius 1 is 1.62 bits per heavy atom. The molecule has 1 unspecified atom stereocenters. The molecular weight excluding hydrogens is 220 g/mol. The van der Waals surface area contributed by atoms with Crippen LogP contribution in [0.5, 0.6) is 0 Å². The molecule has 5 heteroatoms. The van der Waals surface area contributed by atoms with Crippen LogP contribution in [0.3, 0.4) is 0 Å². The number of nitrogens with zero attached hydrogens (tertiary/aromatic N) is 3. The average molecular weight is 238 g/mol. The first-order valence-electron chi connectivity index (χ1n) is 5.81. The van der Waals surface area contributed by atoms with Gasteiger partial charge in [-0.1, -0.05) is 18.7 Å². The zero-order chi connectivity index (χ0) is 11.2. The summed E-state index contributed by atoms with van der Waals surface area (Å²) in [5, 5.41) is 9.35. The smallest absolute Gasteiger partial charge is 0.156 e. The van der Waals surface area contributed by atoms with E-state index in [2.05, 4.69) is 22.3 Å². The van der Waals surface area contributed by atoms with Gasteiger partial charge in [-0.25, -0.2) is 0 Å². The summed E-state index contributed by atoms with van der Waals surface area (Å²) in [7, 11) is 0. The number of rotatable bonds is 5. The zero-order valence-electron chi connectivity index (χ0n) is 9.59. The molecule has 88 valence electrons. The fourth-order valence-electron chi connectivity index (χ4n) is 1.60. The minimum Gasteiger partial charge on any atom is -0.365 e. The predicted molar refractivity (Wildman–Crippen MR) is 68.8 cm³/mol. The van der Waals surface area contributed by atoms with Gasteiger partial charge in [0.1, 0.15) is 0 Å². The first-order valence-corrected chi connectivity index (χ1v) is 6.69. The summed E-state index contributed by atoms with van der Waals surface area (Å²) < 4.78 is 1.96. The minimum absolute atomic E-state index is 0.689. The van der Waals surface area contributed by atoms with Gasteiger partial charge in [-0.15, -0.1) is 0 Å². The summed E-state index contributed by atoms with van der Waals surface area (Å²) in [6.45, 7) is 5.13. The molecule has 1 N–H and O–H groups in total. The number of aryl methyl sites for hydroxylation is 1. The van der Waals surface area contributed by atoms with E-state index in [1.807, 2.05) is 34.9 Å². The first kappa shape index (κ1) is 11.5. The summed E-state index contributed by atoms with van der Waals surface area (Å²) in [5.41, 5.74) is 0. The van der Waals surface area contributed by atoms with Crippen molar-refractivity contribution in [1.82, 2.24) is 15.1 Å². The Hall–Kier alpha value is -0.970. The van der Waals surface area contributed by atoms with E-state index >= 15 is 0 Å². The number of nitrogens with one attached hydrogen (secondary N) is 1. The van der Waals surface area contributed by atoms with Crippen molar-refractivity contribution in [2.45, 2.75) is 31.6 Å². The molecule has 0 aliphatic carbocycles. The molecule has 0 aromatic carbocycles. The van der Waals surface area contributed by atoms with Crippen LogP contribution in [0.25, 0.3) is 0 Å². The first-order chi connectivity index (χ1) is 7.88. The van der Waals surface area contributed by atoms with Crippen LogP contribution >= 0.6 is 11.8 Å². The highest BCUT2D eigenvalue weighted by Gasteiger charge is 2.16. The van der Waals surface area contributed by atoms with Crippen LogP contribution in [-0.4, -0.2) is 33.3 Å². The average Bonchev–Trinajstić information content (AvgIpc) is 2.95. The molecule has 16 heavy (non-hydrogen) atoms. The highest BCUT2D eigenvalue weighted by molar-refractivity contribution is 8.14. The summed E-state index contributed by atoms with van der Waals surface area (Å²) in [4.78, 5) is 4.47. The molecule has 1 atom stereocenters. The molecule has 0 saturated carbocycles. The number of amidine groups is 1. The molecule has 1 aromatic rings. The van der Waals surface area contributed by atoms with Gasteiger partial charge in [0.25, 0.3) is 0 Å². The van der Waals surface area contributed by atoms with Gasteiger partial charge < -0.3 is 5.32 Å². The highest BCUT2D eigenvalue weighted by Crippen LogP contribution is 2.21. The fourth-order valence-corrected chi connectivity index (χ4v) is 2.56. The van der Waals surface area contributed by atoms with Gasteiger partial charge in [-0.3, -0.25) is 9.67 Å². The van der Waals surface area contributed by atoms with Crippen molar-refractivity contribution in [1.29, 1.82) is 0 Å². The van der Waals surface area contributed by atoms with Crippen LogP contribution < -0.4 is 5.32 Å². The van der Waals surface area contributed by atoms with Gasteiger partial charge in [-0.05, 0) is 18.9 Å². The van der Waals surface area contributed by atoms with E-state index in [9.17, 15) is 0 Å². The Labute approximate surface area is 101 Å². The standard InChI is InChI=1S/C11H18N4S/c1-2-10-9-13-11(16-10)12-5-3-7-15-8-4-6-14-15/h4,6,8,10H,2-3,5,7,9H2,1H3,(H,12,13). The lowest BCUT2D eigenvalue weighted by Gasteiger charge is -2.06. The second-order valence-corrected chi connectivity index (χ2v) is 5.13. The van der Waals surface area contributed by atoms with Gasteiger partial charge in [0.05, 0.1) is 6.54 Å². The van der Waals surface area contributed by atoms with Crippen molar-refractivity contribution in [2.24, 2.45) is 4.99 Å².